The van der Waals surface area contributed by atoms with Gasteiger partial charge in [0.05, 0.1) is 7.11 Å². The van der Waals surface area contributed by atoms with E-state index in [1.54, 1.807) is 0 Å². The summed E-state index contributed by atoms with van der Waals surface area (Å²) in [6.07, 6.45) is 7.70. The number of hydrogen-bond acceptors (Lipinski definition) is 4. The van der Waals surface area contributed by atoms with Crippen molar-refractivity contribution >= 4 is 5.97 Å². The Bertz CT molecular complexity index is 321. The summed E-state index contributed by atoms with van der Waals surface area (Å²) in [5.41, 5.74) is -0.554. The third-order valence-corrected chi connectivity index (χ3v) is 5.21. The maximum atomic E-state index is 11.8. The normalized spacial score (nSPS) is 30.7. The van der Waals surface area contributed by atoms with Gasteiger partial charge in [-0.25, -0.2) is 0 Å². The zero-order valence-corrected chi connectivity index (χ0v) is 12.6. The average Bonchev–Trinajstić information content (AvgIpc) is 2.87. The predicted molar refractivity (Wildman–Crippen MR) is 76.0 cm³/mol. The molecule has 4 heteroatoms. The monoisotopic (exact) mass is 268 g/mol. The van der Waals surface area contributed by atoms with Crippen LogP contribution >= 0.6 is 0 Å². The van der Waals surface area contributed by atoms with Gasteiger partial charge in [-0.05, 0) is 52.1 Å². The molecule has 0 aromatic carbocycles. The zero-order valence-electron chi connectivity index (χ0n) is 12.6. The standard InChI is InChI=1S/C15H28N2O2/c1-15(16-2,14(18)19-3)9-11-17-10-8-12-6-4-5-7-13(12)17/h12-13,16H,4-11H2,1-3H3. The molecular weight excluding hydrogens is 240 g/mol. The fourth-order valence-electron chi connectivity index (χ4n) is 3.70. The quantitative estimate of drug-likeness (QED) is 0.772. The fraction of sp³-hybridized carbons (Fsp3) is 0.933. The first-order chi connectivity index (χ1) is 9.10. The van der Waals surface area contributed by atoms with Crippen LogP contribution in [0.15, 0.2) is 0 Å². The summed E-state index contributed by atoms with van der Waals surface area (Å²) >= 11 is 0. The van der Waals surface area contributed by atoms with E-state index in [4.69, 9.17) is 4.74 Å². The molecular formula is C15H28N2O2. The molecule has 0 aromatic rings. The molecule has 1 heterocycles. The molecule has 0 bridgehead atoms. The van der Waals surface area contributed by atoms with Crippen molar-refractivity contribution in [3.63, 3.8) is 0 Å². The molecule has 0 aromatic heterocycles. The lowest BCUT2D eigenvalue weighted by Gasteiger charge is -2.34. The van der Waals surface area contributed by atoms with Crippen LogP contribution in [0.2, 0.25) is 0 Å². The number of carbonyl (C=O) groups excluding carboxylic acids is 1. The number of esters is 1. The Morgan fingerprint density at radius 2 is 2.11 bits per heavy atom. The number of nitrogens with one attached hydrogen (secondary N) is 1. The molecule has 4 nitrogen and oxygen atoms in total. The molecule has 1 saturated carbocycles. The highest BCUT2D eigenvalue weighted by atomic mass is 16.5. The van der Waals surface area contributed by atoms with Gasteiger partial charge in [0, 0.05) is 12.6 Å². The van der Waals surface area contributed by atoms with Gasteiger partial charge < -0.3 is 15.0 Å². The molecule has 0 amide bonds. The number of fused-ring (bicyclic) bond motifs is 1. The molecule has 1 N–H and O–H groups in total. The molecule has 2 fully saturated rings. The third kappa shape index (κ3) is 3.11. The van der Waals surface area contributed by atoms with Gasteiger partial charge in [-0.1, -0.05) is 12.8 Å². The van der Waals surface area contributed by atoms with Crippen molar-refractivity contribution in [3.05, 3.63) is 0 Å². The van der Waals surface area contributed by atoms with Crippen LogP contribution in [0.5, 0.6) is 0 Å². The second-order valence-corrected chi connectivity index (χ2v) is 6.26. The number of ether oxygens (including phenoxy) is 1. The number of methoxy groups -OCH3 is 1. The van der Waals surface area contributed by atoms with E-state index in [9.17, 15) is 4.79 Å². The molecule has 1 saturated heterocycles. The van der Waals surface area contributed by atoms with Crippen molar-refractivity contribution in [2.45, 2.75) is 57.0 Å². The highest BCUT2D eigenvalue weighted by Crippen LogP contribution is 2.36. The molecule has 19 heavy (non-hydrogen) atoms. The van der Waals surface area contributed by atoms with Gasteiger partial charge >= 0.3 is 5.97 Å². The number of likely N-dealkylation sites (tertiary alicyclic amines) is 1. The Morgan fingerprint density at radius 1 is 1.37 bits per heavy atom. The van der Waals surface area contributed by atoms with E-state index in [2.05, 4.69) is 10.2 Å². The minimum atomic E-state index is -0.554. The maximum absolute atomic E-state index is 11.8. The topological polar surface area (TPSA) is 41.6 Å². The number of rotatable bonds is 5. The molecule has 3 atom stereocenters. The fourth-order valence-corrected chi connectivity index (χ4v) is 3.70. The number of carbonyl (C=O) groups is 1. The van der Waals surface area contributed by atoms with E-state index in [-0.39, 0.29) is 5.97 Å². The maximum Gasteiger partial charge on any atom is 0.325 e. The van der Waals surface area contributed by atoms with E-state index in [1.165, 1.54) is 45.8 Å². The Kier molecular flexibility index (Phi) is 4.85. The van der Waals surface area contributed by atoms with Gasteiger partial charge in [0.15, 0.2) is 0 Å². The van der Waals surface area contributed by atoms with Crippen LogP contribution < -0.4 is 5.32 Å². The van der Waals surface area contributed by atoms with Gasteiger partial charge in [-0.2, -0.15) is 0 Å². The second-order valence-electron chi connectivity index (χ2n) is 6.26. The lowest BCUT2D eigenvalue weighted by molar-refractivity contribution is -0.148. The molecule has 3 unspecified atom stereocenters. The number of nitrogens with zero attached hydrogens (tertiary/aromatic N) is 1. The molecule has 110 valence electrons. The first kappa shape index (κ1) is 14.8. The molecule has 2 aliphatic rings. The Hall–Kier alpha value is -0.610. The van der Waals surface area contributed by atoms with Crippen molar-refractivity contribution in [3.8, 4) is 0 Å². The minimum Gasteiger partial charge on any atom is -0.468 e. The lowest BCUT2D eigenvalue weighted by atomic mass is 9.85. The van der Waals surface area contributed by atoms with Crippen molar-refractivity contribution in [2.24, 2.45) is 5.92 Å². The molecule has 2 rings (SSSR count). The zero-order chi connectivity index (χ0) is 13.9. The Labute approximate surface area is 116 Å². The highest BCUT2D eigenvalue weighted by molar-refractivity contribution is 5.80. The summed E-state index contributed by atoms with van der Waals surface area (Å²) in [6, 6.07) is 0.771. The van der Waals surface area contributed by atoms with Crippen LogP contribution in [0.1, 0.15) is 45.4 Å². The third-order valence-electron chi connectivity index (χ3n) is 5.21. The highest BCUT2D eigenvalue weighted by Gasteiger charge is 2.38. The van der Waals surface area contributed by atoms with E-state index < -0.39 is 5.54 Å². The molecule has 1 aliphatic carbocycles. The Morgan fingerprint density at radius 3 is 2.79 bits per heavy atom. The summed E-state index contributed by atoms with van der Waals surface area (Å²) in [6.45, 7) is 4.14. The SMILES string of the molecule is CNC(C)(CCN1CCC2CCCCC21)C(=O)OC. The van der Waals surface area contributed by atoms with Gasteiger partial charge in [0.2, 0.25) is 0 Å². The van der Waals surface area contributed by atoms with Crippen LogP contribution in [0, 0.1) is 5.92 Å². The lowest BCUT2D eigenvalue weighted by Crippen LogP contribution is -2.51. The van der Waals surface area contributed by atoms with Crippen LogP contribution in [-0.2, 0) is 9.53 Å². The summed E-state index contributed by atoms with van der Waals surface area (Å²) < 4.78 is 4.91. The summed E-state index contributed by atoms with van der Waals surface area (Å²) in [7, 11) is 3.30. The first-order valence-electron chi connectivity index (χ1n) is 7.62. The number of likely N-dealkylation sites (N-methyl/N-ethyl adjacent to an activating group) is 1. The molecule has 1 aliphatic heterocycles. The van der Waals surface area contributed by atoms with Crippen molar-refractivity contribution in [1.29, 1.82) is 0 Å². The second kappa shape index (κ2) is 6.23. The average molecular weight is 268 g/mol. The minimum absolute atomic E-state index is 0.158. The van der Waals surface area contributed by atoms with Crippen molar-refractivity contribution in [1.82, 2.24) is 10.2 Å². The van der Waals surface area contributed by atoms with Crippen LogP contribution in [0.25, 0.3) is 0 Å². The van der Waals surface area contributed by atoms with Crippen LogP contribution in [0.4, 0.5) is 0 Å². The summed E-state index contributed by atoms with van der Waals surface area (Å²) in [4.78, 5) is 14.4. The van der Waals surface area contributed by atoms with Crippen molar-refractivity contribution < 1.29 is 9.53 Å². The Balaban J connectivity index is 1.89. The smallest absolute Gasteiger partial charge is 0.325 e. The first-order valence-corrected chi connectivity index (χ1v) is 7.62. The van der Waals surface area contributed by atoms with Crippen molar-refractivity contribution in [2.75, 3.05) is 27.2 Å². The predicted octanol–water partition coefficient (Wildman–Crippen LogP) is 1.79. The van der Waals surface area contributed by atoms with Crippen LogP contribution in [-0.4, -0.2) is 49.7 Å². The van der Waals surface area contributed by atoms with Gasteiger partial charge in [0.1, 0.15) is 5.54 Å². The van der Waals surface area contributed by atoms with E-state index in [1.807, 2.05) is 14.0 Å². The van der Waals surface area contributed by atoms with Crippen LogP contribution in [0.3, 0.4) is 0 Å². The van der Waals surface area contributed by atoms with E-state index >= 15 is 0 Å². The summed E-state index contributed by atoms with van der Waals surface area (Å²) in [5, 5.41) is 3.12. The molecule has 0 spiro atoms. The van der Waals surface area contributed by atoms with E-state index in [0.717, 1.165) is 24.9 Å². The number of hydrogen-bond donors (Lipinski definition) is 1. The van der Waals surface area contributed by atoms with Gasteiger partial charge in [-0.15, -0.1) is 0 Å². The largest absolute Gasteiger partial charge is 0.468 e. The van der Waals surface area contributed by atoms with Gasteiger partial charge in [-0.3, -0.25) is 4.79 Å². The van der Waals surface area contributed by atoms with E-state index in [0.29, 0.717) is 0 Å². The van der Waals surface area contributed by atoms with Gasteiger partial charge in [0.25, 0.3) is 0 Å². The summed E-state index contributed by atoms with van der Waals surface area (Å²) in [5.74, 6) is 0.752. The molecule has 0 radical (unpaired) electrons.